The molecule has 20 heavy (non-hydrogen) atoms. The van der Waals surface area contributed by atoms with Gasteiger partial charge in [0.2, 0.25) is 0 Å². The summed E-state index contributed by atoms with van der Waals surface area (Å²) < 4.78 is 0. The maximum Gasteiger partial charge on any atom is -0.0374 e. The Balaban J connectivity index is -0.0000000545. The predicted molar refractivity (Wildman–Crippen MR) is 103 cm³/mol. The van der Waals surface area contributed by atoms with Gasteiger partial charge in [-0.1, -0.05) is 104 Å². The lowest BCUT2D eigenvalue weighted by molar-refractivity contribution is 1.20. The summed E-state index contributed by atoms with van der Waals surface area (Å²) in [7, 11) is 0. The first-order chi connectivity index (χ1) is 9.58. The first kappa shape index (κ1) is 31.4. The molecule has 0 radical (unpaired) electrons. The van der Waals surface area contributed by atoms with Crippen molar-refractivity contribution in [3.63, 3.8) is 0 Å². The molecule has 0 nitrogen and oxygen atoms in total. The Labute approximate surface area is 131 Å². The van der Waals surface area contributed by atoms with E-state index >= 15 is 0 Å². The molecule has 0 aliphatic carbocycles. The molecule has 122 valence electrons. The third kappa shape index (κ3) is 68.2. The highest BCUT2D eigenvalue weighted by molar-refractivity contribution is 5.11. The second-order valence-electron chi connectivity index (χ2n) is 3.22. The quantitative estimate of drug-likeness (QED) is 0.456. The normalized spacial score (nSPS) is 8.40. The first-order valence-corrected chi connectivity index (χ1v) is 8.19. The van der Waals surface area contributed by atoms with E-state index in [2.05, 4.69) is 46.1 Å². The highest BCUT2D eigenvalue weighted by Gasteiger charge is 1.71. The van der Waals surface area contributed by atoms with Gasteiger partial charge in [0.15, 0.2) is 0 Å². The van der Waals surface area contributed by atoms with Crippen LogP contribution in [0, 0.1) is 0 Å². The van der Waals surface area contributed by atoms with Gasteiger partial charge < -0.3 is 0 Å². The Bertz CT molecular complexity index is 204. The molecule has 0 aromatic rings. The summed E-state index contributed by atoms with van der Waals surface area (Å²) in [6, 6.07) is 0. The summed E-state index contributed by atoms with van der Waals surface area (Å²) in [5, 5.41) is 0. The summed E-state index contributed by atoms with van der Waals surface area (Å²) in [6.45, 7) is 27.6. The van der Waals surface area contributed by atoms with Gasteiger partial charge in [0.25, 0.3) is 0 Å². The average molecular weight is 283 g/mol. The Morgan fingerprint density at radius 2 is 1.25 bits per heavy atom. The Hall–Kier alpha value is -1.04. The minimum absolute atomic E-state index is 1.10. The van der Waals surface area contributed by atoms with E-state index in [4.69, 9.17) is 0 Å². The van der Waals surface area contributed by atoms with Gasteiger partial charge >= 0.3 is 0 Å². The van der Waals surface area contributed by atoms with Gasteiger partial charge in [0, 0.05) is 0 Å². The van der Waals surface area contributed by atoms with E-state index in [9.17, 15) is 0 Å². The summed E-state index contributed by atoms with van der Waals surface area (Å²) in [6.07, 6.45) is 10.4. The van der Waals surface area contributed by atoms with Crippen LogP contribution in [0.4, 0.5) is 0 Å². The lowest BCUT2D eigenvalue weighted by Gasteiger charge is -1.83. The number of rotatable bonds is 4. The molecule has 0 spiro atoms. The van der Waals surface area contributed by atoms with E-state index < -0.39 is 0 Å². The van der Waals surface area contributed by atoms with Crippen LogP contribution < -0.4 is 0 Å². The van der Waals surface area contributed by atoms with Crippen LogP contribution in [0.1, 0.15) is 82.1 Å². The van der Waals surface area contributed by atoms with Crippen LogP contribution in [0.25, 0.3) is 0 Å². The third-order valence-corrected chi connectivity index (χ3v) is 1.49. The van der Waals surface area contributed by atoms with Crippen LogP contribution in [-0.4, -0.2) is 0 Å². The van der Waals surface area contributed by atoms with Crippen LogP contribution in [0.2, 0.25) is 0 Å². The molecule has 0 N–H and O–H groups in total. The molecule has 0 aromatic heterocycles. The Morgan fingerprint density at radius 1 is 0.850 bits per heavy atom. The molecule has 0 rings (SSSR count). The van der Waals surface area contributed by atoms with Gasteiger partial charge in [-0.25, -0.2) is 0 Å². The van der Waals surface area contributed by atoms with Crippen molar-refractivity contribution in [1.29, 1.82) is 0 Å². The molecule has 0 amide bonds. The summed E-state index contributed by atoms with van der Waals surface area (Å²) in [5.41, 5.74) is 2.39. The zero-order valence-corrected chi connectivity index (χ0v) is 16.1. The van der Waals surface area contributed by atoms with Gasteiger partial charge in [0.05, 0.1) is 0 Å². The molecule has 0 saturated heterocycles. The van der Waals surface area contributed by atoms with Gasteiger partial charge in [-0.15, -0.1) is 0 Å². The van der Waals surface area contributed by atoms with E-state index in [1.54, 1.807) is 0 Å². The lowest BCUT2D eigenvalue weighted by Crippen LogP contribution is -1.62. The molecule has 0 unspecified atom stereocenters. The largest absolute Gasteiger partial charge is 0.0988 e. The van der Waals surface area contributed by atoms with Crippen LogP contribution in [-0.2, 0) is 0 Å². The fourth-order valence-corrected chi connectivity index (χ4v) is 0.724. The average Bonchev–Trinajstić information content (AvgIpc) is 2.52. The second-order valence-corrected chi connectivity index (χ2v) is 3.22. The van der Waals surface area contributed by atoms with Crippen LogP contribution in [0.15, 0.2) is 48.6 Å². The molecule has 0 heterocycles. The summed E-state index contributed by atoms with van der Waals surface area (Å²) in [5.74, 6) is 0. The minimum Gasteiger partial charge on any atom is -0.0988 e. The van der Waals surface area contributed by atoms with Crippen LogP contribution in [0.3, 0.4) is 0 Å². The van der Waals surface area contributed by atoms with Crippen LogP contribution >= 0.6 is 0 Å². The van der Waals surface area contributed by atoms with Gasteiger partial charge in [-0.3, -0.25) is 0 Å². The summed E-state index contributed by atoms with van der Waals surface area (Å²) in [4.78, 5) is 0. The fourth-order valence-electron chi connectivity index (χ4n) is 0.724. The van der Waals surface area contributed by atoms with E-state index in [1.807, 2.05) is 60.6 Å². The molecule has 0 atom stereocenters. The number of hydrogen-bond acceptors (Lipinski definition) is 0. The topological polar surface area (TPSA) is 0 Å². The molecule has 0 heteroatoms. The molecule has 0 bridgehead atoms. The van der Waals surface area contributed by atoms with Crippen molar-refractivity contribution >= 4 is 0 Å². The molecule has 0 fully saturated rings. The van der Waals surface area contributed by atoms with E-state index in [-0.39, 0.29) is 0 Å². The van der Waals surface area contributed by atoms with Crippen molar-refractivity contribution < 1.29 is 0 Å². The highest BCUT2D eigenvalue weighted by Crippen LogP contribution is 1.93. The molecule has 0 aromatic carbocycles. The predicted octanol–water partition coefficient (Wildman–Crippen LogP) is 8.14. The maximum absolute atomic E-state index is 3.71. The van der Waals surface area contributed by atoms with Crippen molar-refractivity contribution in [3.8, 4) is 0 Å². The number of hydrogen-bond donors (Lipinski definition) is 0. The number of allylic oxidation sites excluding steroid dienone is 6. The van der Waals surface area contributed by atoms with Crippen LogP contribution in [0.5, 0.6) is 0 Å². The zero-order chi connectivity index (χ0) is 17.4. The molecule has 0 aliphatic rings. The standard InChI is InChI=1S/2C7H12.3C2H6/c1-4-5-6-7(2)3;1-4-6-7(3)5-2;3*1-2/h2*5-6H,2,4H2,1,3H3;3*1-2H3/b6-5-;7-6-;;;. The monoisotopic (exact) mass is 282 g/mol. The fraction of sp³-hybridized carbons (Fsp3) is 0.600. The second kappa shape index (κ2) is 43.0. The van der Waals surface area contributed by atoms with Gasteiger partial charge in [0.1, 0.15) is 0 Å². The Morgan fingerprint density at radius 3 is 1.35 bits per heavy atom. The van der Waals surface area contributed by atoms with E-state index in [1.165, 1.54) is 5.57 Å². The van der Waals surface area contributed by atoms with Gasteiger partial charge in [-0.2, -0.15) is 0 Å². The van der Waals surface area contributed by atoms with E-state index in [0.29, 0.717) is 0 Å². The SMILES string of the molecule is C=C(C)/C=C\CC.C=C/C(C)=C\CC.CC.CC.CC. The molecular weight excluding hydrogens is 240 g/mol. The van der Waals surface area contributed by atoms with E-state index in [0.717, 1.165) is 18.4 Å². The molecular formula is C20H42. The van der Waals surface area contributed by atoms with Crippen molar-refractivity contribution in [1.82, 2.24) is 0 Å². The minimum atomic E-state index is 1.10. The van der Waals surface area contributed by atoms with Gasteiger partial charge in [-0.05, 0) is 26.7 Å². The van der Waals surface area contributed by atoms with Crippen molar-refractivity contribution in [2.75, 3.05) is 0 Å². The Kier molecular flexibility index (Phi) is 67.5. The first-order valence-electron chi connectivity index (χ1n) is 8.19. The summed E-state index contributed by atoms with van der Waals surface area (Å²) >= 11 is 0. The highest BCUT2D eigenvalue weighted by atomic mass is 13.8. The smallest absolute Gasteiger partial charge is 0.0374 e. The maximum atomic E-state index is 3.71. The zero-order valence-electron chi connectivity index (χ0n) is 16.1. The van der Waals surface area contributed by atoms with Crippen molar-refractivity contribution in [2.24, 2.45) is 0 Å². The molecule has 0 saturated carbocycles. The lowest BCUT2D eigenvalue weighted by atomic mass is 10.2. The third-order valence-electron chi connectivity index (χ3n) is 1.49. The van der Waals surface area contributed by atoms with Crippen molar-refractivity contribution in [3.05, 3.63) is 48.6 Å². The van der Waals surface area contributed by atoms with Crippen molar-refractivity contribution in [2.45, 2.75) is 82.1 Å². The molecule has 0 aliphatic heterocycles.